The zero-order chi connectivity index (χ0) is 14.9. The maximum absolute atomic E-state index is 12.6. The van der Waals surface area contributed by atoms with Crippen molar-refractivity contribution < 1.29 is 17.9 Å². The van der Waals surface area contributed by atoms with E-state index in [9.17, 15) is 13.2 Å². The van der Waals surface area contributed by atoms with Crippen LogP contribution in [0.25, 0.3) is 0 Å². The first kappa shape index (κ1) is 14.2. The molecule has 0 aliphatic rings. The van der Waals surface area contributed by atoms with Crippen molar-refractivity contribution in [2.24, 2.45) is 0 Å². The van der Waals surface area contributed by atoms with E-state index < -0.39 is 11.9 Å². The maximum atomic E-state index is 12.6. The molecule has 2 aromatic rings. The molecule has 0 aliphatic carbocycles. The fraction of sp³-hybridized carbons (Fsp3) is 0.214. The van der Waals surface area contributed by atoms with Crippen molar-refractivity contribution in [3.8, 4) is 11.5 Å². The highest BCUT2D eigenvalue weighted by Crippen LogP contribution is 2.35. The summed E-state index contributed by atoms with van der Waals surface area (Å²) < 4.78 is 43.3. The average Bonchev–Trinajstić information content (AvgIpc) is 2.33. The number of nitrogen functional groups attached to an aromatic ring is 1. The molecule has 20 heavy (non-hydrogen) atoms. The van der Waals surface area contributed by atoms with Gasteiger partial charge in [-0.05, 0) is 25.5 Å². The summed E-state index contributed by atoms with van der Waals surface area (Å²) in [5.74, 6) is 0.404. The Hall–Kier alpha value is -2.24. The number of benzene rings is 1. The minimum atomic E-state index is -4.53. The standard InChI is InChI=1S/C14H13F3N2O/c1-8-3-4-11(9(2)5-8)20-12-6-13(14(15,16)17)19-7-10(12)18/h3-7H,18H2,1-2H3. The quantitative estimate of drug-likeness (QED) is 0.902. The van der Waals surface area contributed by atoms with E-state index in [1.165, 1.54) is 0 Å². The number of rotatable bonds is 2. The predicted molar refractivity (Wildman–Crippen MR) is 69.6 cm³/mol. The molecule has 2 rings (SSSR count). The van der Waals surface area contributed by atoms with E-state index in [2.05, 4.69) is 4.98 Å². The van der Waals surface area contributed by atoms with Gasteiger partial charge in [-0.25, -0.2) is 4.98 Å². The first-order valence-electron chi connectivity index (χ1n) is 5.85. The summed E-state index contributed by atoms with van der Waals surface area (Å²) in [6.07, 6.45) is -3.59. The van der Waals surface area contributed by atoms with Crippen molar-refractivity contribution in [1.82, 2.24) is 4.98 Å². The third-order valence-electron chi connectivity index (χ3n) is 2.74. The molecule has 2 N–H and O–H groups in total. The highest BCUT2D eigenvalue weighted by molar-refractivity contribution is 5.54. The molecule has 0 atom stereocenters. The van der Waals surface area contributed by atoms with E-state index in [0.717, 1.165) is 23.4 Å². The molecule has 1 aromatic heterocycles. The van der Waals surface area contributed by atoms with E-state index in [-0.39, 0.29) is 11.4 Å². The number of anilines is 1. The second kappa shape index (κ2) is 5.03. The molecule has 0 aliphatic heterocycles. The molecular weight excluding hydrogens is 269 g/mol. The van der Waals surface area contributed by atoms with Crippen LogP contribution in [0.2, 0.25) is 0 Å². The minimum Gasteiger partial charge on any atom is -0.455 e. The molecule has 106 valence electrons. The first-order valence-corrected chi connectivity index (χ1v) is 5.85. The zero-order valence-electron chi connectivity index (χ0n) is 11.0. The largest absolute Gasteiger partial charge is 0.455 e. The summed E-state index contributed by atoms with van der Waals surface area (Å²) in [6, 6.07) is 6.17. The van der Waals surface area contributed by atoms with Crippen LogP contribution in [-0.2, 0) is 6.18 Å². The van der Waals surface area contributed by atoms with Crippen LogP contribution in [0.1, 0.15) is 16.8 Å². The smallest absolute Gasteiger partial charge is 0.433 e. The van der Waals surface area contributed by atoms with Gasteiger partial charge in [0.25, 0.3) is 0 Å². The van der Waals surface area contributed by atoms with Gasteiger partial charge in [-0.15, -0.1) is 0 Å². The Kier molecular flexibility index (Phi) is 3.57. The lowest BCUT2D eigenvalue weighted by molar-refractivity contribution is -0.141. The highest BCUT2D eigenvalue weighted by Gasteiger charge is 2.33. The molecule has 0 radical (unpaired) electrons. The number of hydrogen-bond donors (Lipinski definition) is 1. The second-order valence-electron chi connectivity index (χ2n) is 4.48. The SMILES string of the molecule is Cc1ccc(Oc2cc(C(F)(F)F)ncc2N)c(C)c1. The van der Waals surface area contributed by atoms with E-state index in [0.29, 0.717) is 5.75 Å². The summed E-state index contributed by atoms with van der Waals surface area (Å²) in [7, 11) is 0. The molecule has 0 saturated heterocycles. The fourth-order valence-electron chi connectivity index (χ4n) is 1.72. The molecular formula is C14H13F3N2O. The molecule has 1 heterocycles. The van der Waals surface area contributed by atoms with Crippen LogP contribution in [0.4, 0.5) is 18.9 Å². The molecule has 0 fully saturated rings. The monoisotopic (exact) mass is 282 g/mol. The van der Waals surface area contributed by atoms with E-state index >= 15 is 0 Å². The number of halogens is 3. The van der Waals surface area contributed by atoms with Crippen LogP contribution in [0.3, 0.4) is 0 Å². The number of pyridine rings is 1. The number of nitrogens with two attached hydrogens (primary N) is 1. The van der Waals surface area contributed by atoms with Gasteiger partial charge in [-0.2, -0.15) is 13.2 Å². The number of ether oxygens (including phenoxy) is 1. The number of aryl methyl sites for hydroxylation is 2. The lowest BCUT2D eigenvalue weighted by atomic mass is 10.1. The lowest BCUT2D eigenvalue weighted by Crippen LogP contribution is -2.08. The van der Waals surface area contributed by atoms with E-state index in [1.807, 2.05) is 26.0 Å². The van der Waals surface area contributed by atoms with Gasteiger partial charge in [0, 0.05) is 6.07 Å². The Morgan fingerprint density at radius 2 is 1.80 bits per heavy atom. The van der Waals surface area contributed by atoms with Crippen LogP contribution in [-0.4, -0.2) is 4.98 Å². The molecule has 0 unspecified atom stereocenters. The molecule has 0 saturated carbocycles. The zero-order valence-corrected chi connectivity index (χ0v) is 11.0. The summed E-state index contributed by atoms with van der Waals surface area (Å²) in [4.78, 5) is 3.26. The molecule has 0 amide bonds. The summed E-state index contributed by atoms with van der Waals surface area (Å²) in [5.41, 5.74) is 6.47. The van der Waals surface area contributed by atoms with Crippen LogP contribution < -0.4 is 10.5 Å². The van der Waals surface area contributed by atoms with Crippen LogP contribution in [0, 0.1) is 13.8 Å². The molecule has 0 bridgehead atoms. The number of aromatic nitrogens is 1. The Morgan fingerprint density at radius 1 is 1.10 bits per heavy atom. The molecule has 6 heteroatoms. The maximum Gasteiger partial charge on any atom is 0.433 e. The molecule has 0 spiro atoms. The van der Waals surface area contributed by atoms with Gasteiger partial charge in [0.15, 0.2) is 5.75 Å². The van der Waals surface area contributed by atoms with Crippen molar-refractivity contribution in [2.45, 2.75) is 20.0 Å². The van der Waals surface area contributed by atoms with Crippen LogP contribution in [0.15, 0.2) is 30.5 Å². The van der Waals surface area contributed by atoms with Crippen molar-refractivity contribution >= 4 is 5.69 Å². The number of nitrogens with zero attached hydrogens (tertiary/aromatic N) is 1. The van der Waals surface area contributed by atoms with Crippen molar-refractivity contribution in [1.29, 1.82) is 0 Å². The molecule has 3 nitrogen and oxygen atoms in total. The Bertz CT molecular complexity index is 639. The van der Waals surface area contributed by atoms with E-state index in [4.69, 9.17) is 10.5 Å². The van der Waals surface area contributed by atoms with Crippen molar-refractivity contribution in [2.75, 3.05) is 5.73 Å². The normalized spacial score (nSPS) is 11.4. The van der Waals surface area contributed by atoms with Crippen LogP contribution in [0.5, 0.6) is 11.5 Å². The van der Waals surface area contributed by atoms with Gasteiger partial charge in [0.05, 0.1) is 11.9 Å². The minimum absolute atomic E-state index is 0.0537. The topological polar surface area (TPSA) is 48.1 Å². The highest BCUT2D eigenvalue weighted by atomic mass is 19.4. The van der Waals surface area contributed by atoms with Gasteiger partial charge in [-0.3, -0.25) is 0 Å². The predicted octanol–water partition coefficient (Wildman–Crippen LogP) is 4.09. The van der Waals surface area contributed by atoms with Gasteiger partial charge in [0.2, 0.25) is 0 Å². The lowest BCUT2D eigenvalue weighted by Gasteiger charge is -2.13. The summed E-state index contributed by atoms with van der Waals surface area (Å²) >= 11 is 0. The van der Waals surface area contributed by atoms with Gasteiger partial charge in [0.1, 0.15) is 11.4 Å². The third-order valence-corrected chi connectivity index (χ3v) is 2.74. The second-order valence-corrected chi connectivity index (χ2v) is 4.48. The van der Waals surface area contributed by atoms with Crippen molar-refractivity contribution in [3.63, 3.8) is 0 Å². The average molecular weight is 282 g/mol. The van der Waals surface area contributed by atoms with Gasteiger partial charge in [-0.1, -0.05) is 17.7 Å². The number of hydrogen-bond acceptors (Lipinski definition) is 3. The summed E-state index contributed by atoms with van der Waals surface area (Å²) in [6.45, 7) is 3.73. The Balaban J connectivity index is 2.38. The first-order chi connectivity index (χ1) is 9.27. The summed E-state index contributed by atoms with van der Waals surface area (Å²) in [5, 5.41) is 0. The fourth-order valence-corrected chi connectivity index (χ4v) is 1.72. The van der Waals surface area contributed by atoms with E-state index in [1.54, 1.807) is 6.07 Å². The molecule has 1 aromatic carbocycles. The Labute approximate surface area is 114 Å². The van der Waals surface area contributed by atoms with Crippen molar-refractivity contribution in [3.05, 3.63) is 47.3 Å². The third kappa shape index (κ3) is 3.01. The Morgan fingerprint density at radius 3 is 2.40 bits per heavy atom. The number of alkyl halides is 3. The van der Waals surface area contributed by atoms with Gasteiger partial charge < -0.3 is 10.5 Å². The van der Waals surface area contributed by atoms with Crippen LogP contribution >= 0.6 is 0 Å². The van der Waals surface area contributed by atoms with Gasteiger partial charge >= 0.3 is 6.18 Å².